The smallest absolute Gasteiger partial charge is 0.292 e. The highest BCUT2D eigenvalue weighted by molar-refractivity contribution is 6.43. The van der Waals surface area contributed by atoms with Gasteiger partial charge >= 0.3 is 0 Å². The van der Waals surface area contributed by atoms with Crippen LogP contribution < -0.4 is 15.8 Å². The molecule has 5 nitrogen and oxygen atoms in total. The molecule has 0 unspecified atom stereocenters. The Hall–Kier alpha value is -2.89. The zero-order chi connectivity index (χ0) is 16.4. The maximum Gasteiger partial charge on any atom is 0.292 e. The van der Waals surface area contributed by atoms with Gasteiger partial charge in [-0.05, 0) is 44.2 Å². The van der Waals surface area contributed by atoms with Crippen LogP contribution in [0.3, 0.4) is 0 Å². The second-order valence-electron chi connectivity index (χ2n) is 5.70. The number of nitrogens with one attached hydrogen (secondary N) is 2. The zero-order valence-corrected chi connectivity index (χ0v) is 12.9. The molecule has 0 radical (unpaired) electrons. The summed E-state index contributed by atoms with van der Waals surface area (Å²) in [5.74, 6) is -0.506. The van der Waals surface area contributed by atoms with Gasteiger partial charge in [-0.2, -0.15) is 0 Å². The van der Waals surface area contributed by atoms with Gasteiger partial charge in [-0.3, -0.25) is 15.2 Å². The molecule has 1 aliphatic heterocycles. The number of hydrogen-bond donors (Lipinski definition) is 2. The van der Waals surface area contributed by atoms with E-state index in [1.165, 1.54) is 12.1 Å². The molecule has 3 rings (SSSR count). The Morgan fingerprint density at radius 3 is 2.61 bits per heavy atom. The molecule has 0 saturated heterocycles. The van der Waals surface area contributed by atoms with Crippen molar-refractivity contribution in [3.05, 3.63) is 60.4 Å². The molecule has 2 aromatic carbocycles. The first-order valence-corrected chi connectivity index (χ1v) is 7.24. The Kier molecular flexibility index (Phi) is 3.73. The predicted octanol–water partition coefficient (Wildman–Crippen LogP) is 2.92. The van der Waals surface area contributed by atoms with Gasteiger partial charge in [-0.15, -0.1) is 0 Å². The van der Waals surface area contributed by atoms with Crippen molar-refractivity contribution in [2.75, 3.05) is 10.3 Å². The maximum absolute atomic E-state index is 13.4. The number of hydrazine groups is 1. The van der Waals surface area contributed by atoms with Gasteiger partial charge in [0.15, 0.2) is 0 Å². The van der Waals surface area contributed by atoms with Crippen molar-refractivity contribution in [3.63, 3.8) is 0 Å². The summed E-state index contributed by atoms with van der Waals surface area (Å²) < 4.78 is 13.4. The van der Waals surface area contributed by atoms with E-state index < -0.39 is 5.66 Å². The summed E-state index contributed by atoms with van der Waals surface area (Å²) in [6.07, 6.45) is 0. The van der Waals surface area contributed by atoms with Crippen molar-refractivity contribution in [1.82, 2.24) is 5.43 Å². The first-order valence-electron chi connectivity index (χ1n) is 7.24. The SMILES string of the molecule is CC1(C)N=C(C(=O)Nc2ccccc2)NN1c1cccc(F)c1. The number of nitrogens with zero attached hydrogens (tertiary/aromatic N) is 2. The first-order chi connectivity index (χ1) is 11.0. The number of amides is 1. The van der Waals surface area contributed by atoms with E-state index in [9.17, 15) is 9.18 Å². The number of halogens is 1. The second kappa shape index (κ2) is 5.72. The highest BCUT2D eigenvalue weighted by Crippen LogP contribution is 2.27. The number of aliphatic imine (C=N–C) groups is 1. The summed E-state index contributed by atoms with van der Waals surface area (Å²) in [5, 5.41) is 4.43. The van der Waals surface area contributed by atoms with Gasteiger partial charge in [-0.1, -0.05) is 24.3 Å². The zero-order valence-electron chi connectivity index (χ0n) is 12.9. The molecule has 2 N–H and O–H groups in total. The van der Waals surface area contributed by atoms with Crippen LogP contribution >= 0.6 is 0 Å². The number of para-hydroxylation sites is 1. The van der Waals surface area contributed by atoms with E-state index in [4.69, 9.17) is 0 Å². The van der Waals surface area contributed by atoms with Crippen LogP contribution in [-0.4, -0.2) is 17.4 Å². The molecule has 6 heteroatoms. The van der Waals surface area contributed by atoms with Crippen LogP contribution in [0.15, 0.2) is 59.6 Å². The minimum absolute atomic E-state index is 0.183. The molecule has 0 atom stereocenters. The summed E-state index contributed by atoms with van der Waals surface area (Å²) >= 11 is 0. The van der Waals surface area contributed by atoms with Gasteiger partial charge < -0.3 is 5.32 Å². The number of anilines is 2. The van der Waals surface area contributed by atoms with Crippen molar-refractivity contribution in [3.8, 4) is 0 Å². The van der Waals surface area contributed by atoms with Crippen LogP contribution in [0.2, 0.25) is 0 Å². The minimum atomic E-state index is -0.711. The third-order valence-corrected chi connectivity index (χ3v) is 3.46. The van der Waals surface area contributed by atoms with E-state index >= 15 is 0 Å². The number of carbonyl (C=O) groups is 1. The molecule has 0 fully saturated rings. The molecule has 2 aromatic rings. The number of rotatable bonds is 3. The highest BCUT2D eigenvalue weighted by atomic mass is 19.1. The Balaban J connectivity index is 1.79. The van der Waals surface area contributed by atoms with Crippen LogP contribution in [0.5, 0.6) is 0 Å². The molecule has 118 valence electrons. The van der Waals surface area contributed by atoms with E-state index in [1.54, 1.807) is 29.3 Å². The summed E-state index contributed by atoms with van der Waals surface area (Å²) in [5.41, 5.74) is 3.52. The minimum Gasteiger partial charge on any atom is -0.319 e. The summed E-state index contributed by atoms with van der Waals surface area (Å²) in [7, 11) is 0. The van der Waals surface area contributed by atoms with Gasteiger partial charge in [0.1, 0.15) is 11.5 Å². The van der Waals surface area contributed by atoms with Crippen molar-refractivity contribution < 1.29 is 9.18 Å². The number of carbonyl (C=O) groups excluding carboxylic acids is 1. The summed E-state index contributed by atoms with van der Waals surface area (Å²) in [4.78, 5) is 16.7. The highest BCUT2D eigenvalue weighted by Gasteiger charge is 2.36. The molecular weight excluding hydrogens is 295 g/mol. The van der Waals surface area contributed by atoms with E-state index in [0.29, 0.717) is 11.4 Å². The first kappa shape index (κ1) is 15.0. The van der Waals surface area contributed by atoms with Gasteiger partial charge in [0.05, 0.1) is 5.69 Å². The van der Waals surface area contributed by atoms with Crippen LogP contribution in [0.4, 0.5) is 15.8 Å². The van der Waals surface area contributed by atoms with Crippen molar-refractivity contribution in [2.45, 2.75) is 19.5 Å². The van der Waals surface area contributed by atoms with Crippen molar-refractivity contribution >= 4 is 23.1 Å². The summed E-state index contributed by atoms with van der Waals surface area (Å²) in [6, 6.07) is 15.3. The van der Waals surface area contributed by atoms with E-state index in [2.05, 4.69) is 15.7 Å². The fourth-order valence-electron chi connectivity index (χ4n) is 2.40. The summed E-state index contributed by atoms with van der Waals surface area (Å²) in [6.45, 7) is 3.68. The van der Waals surface area contributed by atoms with Crippen LogP contribution in [-0.2, 0) is 4.79 Å². The Morgan fingerprint density at radius 1 is 1.17 bits per heavy atom. The second-order valence-corrected chi connectivity index (χ2v) is 5.70. The van der Waals surface area contributed by atoms with Crippen LogP contribution in [0.1, 0.15) is 13.8 Å². The fourth-order valence-corrected chi connectivity index (χ4v) is 2.40. The number of hydrogen-bond acceptors (Lipinski definition) is 4. The Labute approximate surface area is 133 Å². The average Bonchev–Trinajstić information content (AvgIpc) is 2.84. The molecule has 0 saturated carbocycles. The van der Waals surface area contributed by atoms with Gasteiger partial charge in [0.25, 0.3) is 5.91 Å². The third-order valence-electron chi connectivity index (χ3n) is 3.46. The molecular formula is C17H17FN4O. The largest absolute Gasteiger partial charge is 0.319 e. The molecule has 0 aromatic heterocycles. The standard InChI is InChI=1S/C17H17FN4O/c1-17(2)20-15(16(23)19-13-8-4-3-5-9-13)21-22(17)14-10-6-7-12(18)11-14/h3-11H,1-2H3,(H,19,23)(H,20,21). The lowest BCUT2D eigenvalue weighted by molar-refractivity contribution is -0.110. The number of amidine groups is 1. The van der Waals surface area contributed by atoms with E-state index in [0.717, 1.165) is 0 Å². The van der Waals surface area contributed by atoms with E-state index in [1.807, 2.05) is 32.0 Å². The topological polar surface area (TPSA) is 56.7 Å². The molecule has 0 spiro atoms. The quantitative estimate of drug-likeness (QED) is 0.916. The van der Waals surface area contributed by atoms with E-state index in [-0.39, 0.29) is 17.6 Å². The monoisotopic (exact) mass is 312 g/mol. The average molecular weight is 312 g/mol. The fraction of sp³-hybridized carbons (Fsp3) is 0.176. The van der Waals surface area contributed by atoms with Crippen LogP contribution in [0.25, 0.3) is 0 Å². The molecule has 0 aliphatic carbocycles. The molecule has 1 aliphatic rings. The third kappa shape index (κ3) is 3.15. The van der Waals surface area contributed by atoms with Crippen molar-refractivity contribution in [2.24, 2.45) is 4.99 Å². The Morgan fingerprint density at radius 2 is 1.91 bits per heavy atom. The predicted molar refractivity (Wildman–Crippen MR) is 88.6 cm³/mol. The molecule has 1 heterocycles. The molecule has 23 heavy (non-hydrogen) atoms. The molecule has 0 bridgehead atoms. The lowest BCUT2D eigenvalue weighted by atomic mass is 10.2. The molecule has 1 amide bonds. The maximum atomic E-state index is 13.4. The van der Waals surface area contributed by atoms with Crippen molar-refractivity contribution in [1.29, 1.82) is 0 Å². The lowest BCUT2D eigenvalue weighted by Gasteiger charge is -2.30. The van der Waals surface area contributed by atoms with Gasteiger partial charge in [-0.25, -0.2) is 9.38 Å². The van der Waals surface area contributed by atoms with Crippen LogP contribution in [0, 0.1) is 5.82 Å². The lowest BCUT2D eigenvalue weighted by Crippen LogP contribution is -2.48. The normalized spacial score (nSPS) is 15.8. The Bertz CT molecular complexity index is 758. The number of benzene rings is 2. The van der Waals surface area contributed by atoms with Gasteiger partial charge in [0, 0.05) is 5.69 Å². The van der Waals surface area contributed by atoms with Gasteiger partial charge in [0.2, 0.25) is 5.84 Å².